The molecule has 0 aliphatic heterocycles. The number of nitrogens with one attached hydrogen (secondary N) is 1. The lowest BCUT2D eigenvalue weighted by molar-refractivity contribution is -0.119. The number of halogens is 2. The van der Waals surface area contributed by atoms with Crippen LogP contribution in [-0.4, -0.2) is 44.4 Å². The van der Waals surface area contributed by atoms with Crippen LogP contribution in [0.25, 0.3) is 0 Å². The molecule has 8 nitrogen and oxygen atoms in total. The molecule has 0 atom stereocenters. The van der Waals surface area contributed by atoms with Gasteiger partial charge in [-0.1, -0.05) is 35.3 Å². The highest BCUT2D eigenvalue weighted by atomic mass is 35.5. The summed E-state index contributed by atoms with van der Waals surface area (Å²) in [6.45, 7) is -0.561. The van der Waals surface area contributed by atoms with Gasteiger partial charge in [0.1, 0.15) is 6.54 Å². The topological polar surface area (TPSA) is 116 Å². The van der Waals surface area contributed by atoms with E-state index in [2.05, 4.69) is 10.5 Å². The number of hydrazone groups is 1. The van der Waals surface area contributed by atoms with E-state index in [1.807, 2.05) is 0 Å². The Bertz CT molecular complexity index is 1020. The summed E-state index contributed by atoms with van der Waals surface area (Å²) in [5.74, 6) is -1.77. The zero-order valence-corrected chi connectivity index (χ0v) is 16.8. The Balaban J connectivity index is 2.10. The molecule has 2 rings (SSSR count). The Morgan fingerprint density at radius 2 is 1.82 bits per heavy atom. The van der Waals surface area contributed by atoms with Crippen LogP contribution < -0.4 is 9.73 Å². The van der Waals surface area contributed by atoms with Crippen LogP contribution in [0.4, 0.5) is 5.69 Å². The molecule has 0 aliphatic carbocycles. The minimum atomic E-state index is -3.82. The van der Waals surface area contributed by atoms with E-state index >= 15 is 0 Å². The highest BCUT2D eigenvalue weighted by molar-refractivity contribution is 7.92. The minimum absolute atomic E-state index is 0.0695. The Kier molecular flexibility index (Phi) is 7.00. The number of carboxylic acid groups (broad SMARTS) is 1. The lowest BCUT2D eigenvalue weighted by atomic mass is 10.1. The summed E-state index contributed by atoms with van der Waals surface area (Å²) in [7, 11) is -3.82. The van der Waals surface area contributed by atoms with Crippen molar-refractivity contribution in [2.45, 2.75) is 0 Å². The van der Waals surface area contributed by atoms with E-state index in [-0.39, 0.29) is 21.3 Å². The summed E-state index contributed by atoms with van der Waals surface area (Å²) in [6.07, 6.45) is 2.23. The fourth-order valence-corrected chi connectivity index (χ4v) is 3.41. The number of carbonyl (C=O) groups excluding carboxylic acids is 1. The van der Waals surface area contributed by atoms with Gasteiger partial charge in [0.2, 0.25) is 10.0 Å². The Hall–Kier alpha value is -2.62. The lowest BCUT2D eigenvalue weighted by Crippen LogP contribution is -2.39. The second-order valence-electron chi connectivity index (χ2n) is 5.59. The molecule has 28 heavy (non-hydrogen) atoms. The van der Waals surface area contributed by atoms with E-state index in [9.17, 15) is 18.0 Å². The van der Waals surface area contributed by atoms with Crippen molar-refractivity contribution in [1.29, 1.82) is 0 Å². The molecule has 1 amide bonds. The normalized spacial score (nSPS) is 11.4. The summed E-state index contributed by atoms with van der Waals surface area (Å²) in [5.41, 5.74) is 2.94. The maximum Gasteiger partial charge on any atom is 0.335 e. The summed E-state index contributed by atoms with van der Waals surface area (Å²) in [4.78, 5) is 22.9. The molecule has 148 valence electrons. The van der Waals surface area contributed by atoms with Crippen molar-refractivity contribution < 1.29 is 23.1 Å². The van der Waals surface area contributed by atoms with Gasteiger partial charge >= 0.3 is 5.97 Å². The molecule has 11 heteroatoms. The van der Waals surface area contributed by atoms with E-state index in [0.29, 0.717) is 5.56 Å². The molecule has 0 aromatic heterocycles. The van der Waals surface area contributed by atoms with Gasteiger partial charge < -0.3 is 5.11 Å². The Labute approximate surface area is 171 Å². The third-order valence-electron chi connectivity index (χ3n) is 3.42. The van der Waals surface area contributed by atoms with E-state index in [1.165, 1.54) is 48.7 Å². The lowest BCUT2D eigenvalue weighted by Gasteiger charge is -2.22. The molecule has 2 aromatic rings. The first-order valence-electron chi connectivity index (χ1n) is 7.66. The van der Waals surface area contributed by atoms with Crippen molar-refractivity contribution in [3.8, 4) is 0 Å². The fourth-order valence-electron chi connectivity index (χ4n) is 2.11. The minimum Gasteiger partial charge on any atom is -0.478 e. The predicted octanol–water partition coefficient (Wildman–Crippen LogP) is 2.61. The molecular weight excluding hydrogens is 429 g/mol. The molecule has 2 N–H and O–H groups in total. The highest BCUT2D eigenvalue weighted by Gasteiger charge is 2.23. The van der Waals surface area contributed by atoms with Crippen molar-refractivity contribution in [1.82, 2.24) is 5.43 Å². The summed E-state index contributed by atoms with van der Waals surface area (Å²) in [5, 5.41) is 13.0. The molecule has 0 fully saturated rings. The number of benzene rings is 2. The number of carbonyl (C=O) groups is 2. The largest absolute Gasteiger partial charge is 0.478 e. The van der Waals surface area contributed by atoms with E-state index in [0.717, 1.165) is 10.6 Å². The molecule has 0 spiro atoms. The van der Waals surface area contributed by atoms with Crippen LogP contribution in [0.2, 0.25) is 10.0 Å². The van der Waals surface area contributed by atoms with Gasteiger partial charge in [0.15, 0.2) is 0 Å². The van der Waals surface area contributed by atoms with Crippen molar-refractivity contribution in [2.75, 3.05) is 17.1 Å². The molecule has 0 heterocycles. The van der Waals surface area contributed by atoms with E-state index < -0.39 is 28.4 Å². The standard InChI is InChI=1S/C17H15Cl2N3O5S/c1-28(26,27)22(15-8-13(18)6-7-14(15)19)10-16(23)21-20-9-11-2-4-12(5-3-11)17(24)25/h2-9H,10H2,1H3,(H,21,23)(H,24,25)/b20-9-. The van der Waals surface area contributed by atoms with Gasteiger partial charge in [-0.05, 0) is 35.9 Å². The van der Waals surface area contributed by atoms with Crippen LogP contribution in [0.15, 0.2) is 47.6 Å². The molecule has 0 aliphatic rings. The van der Waals surface area contributed by atoms with Crippen molar-refractivity contribution in [2.24, 2.45) is 5.10 Å². The number of rotatable bonds is 7. The predicted molar refractivity (Wildman–Crippen MR) is 108 cm³/mol. The first-order chi connectivity index (χ1) is 13.1. The fraction of sp³-hybridized carbons (Fsp3) is 0.118. The maximum atomic E-state index is 12.1. The third-order valence-corrected chi connectivity index (χ3v) is 5.11. The first-order valence-corrected chi connectivity index (χ1v) is 10.3. The smallest absolute Gasteiger partial charge is 0.335 e. The number of amides is 1. The molecular formula is C17H15Cl2N3O5S. The van der Waals surface area contributed by atoms with Gasteiger partial charge in [-0.2, -0.15) is 5.10 Å². The van der Waals surface area contributed by atoms with Crippen LogP contribution in [0.5, 0.6) is 0 Å². The van der Waals surface area contributed by atoms with Gasteiger partial charge in [0.25, 0.3) is 5.91 Å². The van der Waals surface area contributed by atoms with Crippen LogP contribution in [0, 0.1) is 0 Å². The summed E-state index contributed by atoms with van der Waals surface area (Å²) >= 11 is 11.9. The van der Waals surface area contributed by atoms with Crippen LogP contribution in [-0.2, 0) is 14.8 Å². The van der Waals surface area contributed by atoms with Gasteiger partial charge in [0, 0.05) is 5.02 Å². The van der Waals surface area contributed by atoms with Gasteiger partial charge in [0.05, 0.1) is 28.7 Å². The second-order valence-corrected chi connectivity index (χ2v) is 8.34. The summed E-state index contributed by atoms with van der Waals surface area (Å²) < 4.78 is 25.0. The second kappa shape index (κ2) is 9.05. The Morgan fingerprint density at radius 1 is 1.18 bits per heavy atom. The third kappa shape index (κ3) is 5.95. The van der Waals surface area contributed by atoms with E-state index in [1.54, 1.807) is 0 Å². The average Bonchev–Trinajstić information content (AvgIpc) is 2.61. The number of carboxylic acids is 1. The van der Waals surface area contributed by atoms with Gasteiger partial charge in [-0.15, -0.1) is 0 Å². The molecule has 0 unspecified atom stereocenters. The van der Waals surface area contributed by atoms with Gasteiger partial charge in [-0.3, -0.25) is 9.10 Å². The highest BCUT2D eigenvalue weighted by Crippen LogP contribution is 2.30. The number of aromatic carboxylic acids is 1. The van der Waals surface area contributed by atoms with Crippen LogP contribution in [0.1, 0.15) is 15.9 Å². The molecule has 0 saturated carbocycles. The van der Waals surface area contributed by atoms with E-state index in [4.69, 9.17) is 28.3 Å². The number of sulfonamides is 1. The van der Waals surface area contributed by atoms with Crippen molar-refractivity contribution in [3.05, 3.63) is 63.6 Å². The quantitative estimate of drug-likeness (QED) is 0.503. The zero-order chi connectivity index (χ0) is 20.9. The monoisotopic (exact) mass is 443 g/mol. The zero-order valence-electron chi connectivity index (χ0n) is 14.5. The Morgan fingerprint density at radius 3 is 2.39 bits per heavy atom. The molecule has 2 aromatic carbocycles. The SMILES string of the molecule is CS(=O)(=O)N(CC(=O)N/N=C\c1ccc(C(=O)O)cc1)c1cc(Cl)ccc1Cl. The van der Waals surface area contributed by atoms with Gasteiger partial charge in [-0.25, -0.2) is 18.6 Å². The van der Waals surface area contributed by atoms with Crippen molar-refractivity contribution in [3.63, 3.8) is 0 Å². The van der Waals surface area contributed by atoms with Crippen LogP contribution >= 0.6 is 23.2 Å². The number of hydrogen-bond donors (Lipinski definition) is 2. The van der Waals surface area contributed by atoms with Crippen LogP contribution in [0.3, 0.4) is 0 Å². The summed E-state index contributed by atoms with van der Waals surface area (Å²) in [6, 6.07) is 10.0. The molecule has 0 saturated heterocycles. The molecule has 0 bridgehead atoms. The maximum absolute atomic E-state index is 12.1. The number of hydrogen-bond acceptors (Lipinski definition) is 5. The van der Waals surface area contributed by atoms with Crippen molar-refractivity contribution >= 4 is 57.0 Å². The number of anilines is 1. The number of nitrogens with zero attached hydrogens (tertiary/aromatic N) is 2. The average molecular weight is 444 g/mol. The first kappa shape index (κ1) is 21.7. The molecule has 0 radical (unpaired) electrons.